The van der Waals surface area contributed by atoms with E-state index in [-0.39, 0.29) is 46.0 Å². The number of likely N-dealkylation sites (tertiary alicyclic amines) is 1. The summed E-state index contributed by atoms with van der Waals surface area (Å²) in [4.78, 5) is 40.2. The van der Waals surface area contributed by atoms with E-state index in [1.165, 1.54) is 47.2 Å². The van der Waals surface area contributed by atoms with Crippen molar-refractivity contribution in [1.29, 1.82) is 0 Å². The summed E-state index contributed by atoms with van der Waals surface area (Å²) in [7, 11) is -4.24. The lowest BCUT2D eigenvalue weighted by Crippen LogP contribution is -2.54. The molecular weight excluding hydrogens is 700 g/mol. The first-order chi connectivity index (χ1) is 23.8. The fourth-order valence-electron chi connectivity index (χ4n) is 7.25. The maximum Gasteiger partial charge on any atom is 0.418 e. The van der Waals surface area contributed by atoms with Crippen LogP contribution in [0.25, 0.3) is 0 Å². The van der Waals surface area contributed by atoms with Gasteiger partial charge in [-0.3, -0.25) is 18.9 Å². The molecule has 2 aromatic carbocycles. The summed E-state index contributed by atoms with van der Waals surface area (Å²) < 4.78 is 84.7. The quantitative estimate of drug-likeness (QED) is 0.240. The lowest BCUT2D eigenvalue weighted by Gasteiger charge is -2.45. The fourth-order valence-corrected chi connectivity index (χ4v) is 9.23. The number of anilines is 1. The molecule has 1 unspecified atom stereocenters. The summed E-state index contributed by atoms with van der Waals surface area (Å²) in [6.45, 7) is -0.0567. The highest BCUT2D eigenvalue weighted by molar-refractivity contribution is 7.93. The van der Waals surface area contributed by atoms with Gasteiger partial charge in [-0.15, -0.1) is 0 Å². The van der Waals surface area contributed by atoms with Crippen LogP contribution in [0.4, 0.5) is 23.2 Å². The molecule has 0 bridgehead atoms. The largest absolute Gasteiger partial charge is 0.418 e. The molecule has 1 saturated heterocycles. The van der Waals surface area contributed by atoms with Gasteiger partial charge in [0.25, 0.3) is 21.8 Å². The van der Waals surface area contributed by atoms with E-state index in [1.54, 1.807) is 11.0 Å². The molecule has 1 atom stereocenters. The fraction of sp³-hybridized carbons (Fsp3) is 0.324. The number of piperidine rings is 1. The summed E-state index contributed by atoms with van der Waals surface area (Å²) in [6, 6.07) is 10.6. The number of nitrogens with zero attached hydrogens (tertiary/aromatic N) is 5. The van der Waals surface area contributed by atoms with Crippen molar-refractivity contribution in [2.24, 2.45) is 5.92 Å². The Labute approximate surface area is 289 Å². The van der Waals surface area contributed by atoms with Gasteiger partial charge in [0.05, 0.1) is 34.4 Å². The van der Waals surface area contributed by atoms with E-state index < -0.39 is 57.4 Å². The van der Waals surface area contributed by atoms with Crippen molar-refractivity contribution in [3.63, 3.8) is 0 Å². The zero-order valence-corrected chi connectivity index (χ0v) is 27.8. The van der Waals surface area contributed by atoms with Crippen molar-refractivity contribution in [3.8, 4) is 0 Å². The summed E-state index contributed by atoms with van der Waals surface area (Å²) >= 11 is 6.16. The smallest absolute Gasteiger partial charge is 0.346 e. The average Bonchev–Trinajstić information content (AvgIpc) is 3.90. The molecule has 2 aromatic heterocycles. The second-order valence-corrected chi connectivity index (χ2v) is 14.8. The third-order valence-electron chi connectivity index (χ3n) is 9.70. The van der Waals surface area contributed by atoms with E-state index in [2.05, 4.69) is 20.3 Å². The number of sulfonamides is 1. The predicted octanol–water partition coefficient (Wildman–Crippen LogP) is 5.77. The van der Waals surface area contributed by atoms with Crippen molar-refractivity contribution >= 4 is 39.1 Å². The van der Waals surface area contributed by atoms with E-state index in [4.69, 9.17) is 11.6 Å². The Kier molecular flexibility index (Phi) is 8.53. The lowest BCUT2D eigenvalue weighted by molar-refractivity contribution is -0.138. The Morgan fingerprint density at radius 2 is 1.66 bits per heavy atom. The maximum absolute atomic E-state index is 14.4. The number of rotatable bonds is 7. The predicted molar refractivity (Wildman–Crippen MR) is 173 cm³/mol. The molecule has 3 aliphatic rings. The maximum atomic E-state index is 14.4. The highest BCUT2D eigenvalue weighted by Crippen LogP contribution is 2.59. The number of amides is 2. The zero-order valence-electron chi connectivity index (χ0n) is 26.2. The summed E-state index contributed by atoms with van der Waals surface area (Å²) in [5.41, 5.74) is -1.12. The van der Waals surface area contributed by atoms with Gasteiger partial charge in [-0.05, 0) is 91.8 Å². The third kappa shape index (κ3) is 5.95. The molecule has 50 heavy (non-hydrogen) atoms. The van der Waals surface area contributed by atoms with Gasteiger partial charge >= 0.3 is 6.18 Å². The third-order valence-corrected chi connectivity index (χ3v) is 11.8. The van der Waals surface area contributed by atoms with Crippen LogP contribution in [0.15, 0.2) is 78.1 Å². The van der Waals surface area contributed by atoms with E-state index in [0.717, 1.165) is 37.1 Å². The van der Waals surface area contributed by atoms with Crippen LogP contribution in [0.3, 0.4) is 0 Å². The average molecular weight is 729 g/mol. The molecule has 2 amide bonds. The molecule has 1 saturated carbocycles. The van der Waals surface area contributed by atoms with Crippen LogP contribution in [-0.4, -0.2) is 59.2 Å². The van der Waals surface area contributed by atoms with Crippen LogP contribution < -0.4 is 9.62 Å². The molecule has 0 radical (unpaired) electrons. The van der Waals surface area contributed by atoms with E-state index in [9.17, 15) is 35.6 Å². The van der Waals surface area contributed by atoms with Crippen molar-refractivity contribution in [1.82, 2.24) is 25.2 Å². The Hall–Kier alpha value is -4.63. The number of fused-ring (bicyclic) bond motifs is 2. The van der Waals surface area contributed by atoms with Gasteiger partial charge in [-0.25, -0.2) is 22.8 Å². The number of carbonyl (C=O) groups excluding carboxylic acids is 2. The van der Waals surface area contributed by atoms with E-state index in [0.29, 0.717) is 24.1 Å². The first-order valence-electron chi connectivity index (χ1n) is 15.8. The van der Waals surface area contributed by atoms with Gasteiger partial charge in [-0.2, -0.15) is 13.2 Å². The van der Waals surface area contributed by atoms with E-state index in [1.807, 2.05) is 0 Å². The minimum atomic E-state index is -4.67. The number of alkyl halides is 3. The zero-order chi connectivity index (χ0) is 35.4. The second-order valence-electron chi connectivity index (χ2n) is 12.6. The molecule has 7 rings (SSSR count). The molecule has 10 nitrogen and oxygen atoms in total. The minimum Gasteiger partial charge on any atom is -0.346 e. The summed E-state index contributed by atoms with van der Waals surface area (Å²) in [6.07, 6.45) is 1.44. The number of aromatic nitrogens is 3. The SMILES string of the molecule is O=C(NCc1ncccc1C(F)(F)F)c1ccc2c(c1)C1(CCN(C(=O)c3nccnc3Cl)CC1)C(C1CC1)N2S(=O)(=O)c1ccc(F)cc1. The normalized spacial score (nSPS) is 18.6. The Morgan fingerprint density at radius 1 is 0.960 bits per heavy atom. The van der Waals surface area contributed by atoms with Gasteiger partial charge in [0.2, 0.25) is 0 Å². The number of nitrogens with one attached hydrogen (secondary N) is 1. The Balaban J connectivity index is 1.26. The monoisotopic (exact) mass is 728 g/mol. The molecule has 1 aliphatic carbocycles. The highest BCUT2D eigenvalue weighted by atomic mass is 35.5. The second kappa shape index (κ2) is 12.6. The first-order valence-corrected chi connectivity index (χ1v) is 17.6. The molecule has 2 fully saturated rings. The van der Waals surface area contributed by atoms with Crippen LogP contribution >= 0.6 is 11.6 Å². The number of hydrogen-bond acceptors (Lipinski definition) is 7. The Morgan fingerprint density at radius 3 is 2.32 bits per heavy atom. The molecule has 2 aliphatic heterocycles. The van der Waals surface area contributed by atoms with Gasteiger partial charge in [0.1, 0.15) is 5.82 Å². The number of halogens is 5. The van der Waals surface area contributed by atoms with Crippen LogP contribution in [0.5, 0.6) is 0 Å². The van der Waals surface area contributed by atoms with Gasteiger partial charge in [0.15, 0.2) is 10.8 Å². The summed E-state index contributed by atoms with van der Waals surface area (Å²) in [5, 5.41) is 2.49. The van der Waals surface area contributed by atoms with Crippen LogP contribution in [0.1, 0.15) is 63.4 Å². The molecule has 1 N–H and O–H groups in total. The minimum absolute atomic E-state index is 0.00302. The summed E-state index contributed by atoms with van der Waals surface area (Å²) in [5.74, 6) is -1.72. The molecule has 16 heteroatoms. The topological polar surface area (TPSA) is 125 Å². The molecular formula is C34H29ClF4N6O4S. The van der Waals surface area contributed by atoms with Crippen molar-refractivity contribution < 1.29 is 35.6 Å². The van der Waals surface area contributed by atoms with Gasteiger partial charge in [0, 0.05) is 42.7 Å². The van der Waals surface area contributed by atoms with Gasteiger partial charge in [-0.1, -0.05) is 11.6 Å². The number of pyridine rings is 1. The van der Waals surface area contributed by atoms with Crippen molar-refractivity contribution in [2.75, 3.05) is 17.4 Å². The number of carbonyl (C=O) groups is 2. The highest BCUT2D eigenvalue weighted by Gasteiger charge is 2.60. The van der Waals surface area contributed by atoms with Crippen LogP contribution in [-0.2, 0) is 28.2 Å². The lowest BCUT2D eigenvalue weighted by atomic mass is 9.68. The van der Waals surface area contributed by atoms with Crippen LogP contribution in [0, 0.1) is 11.7 Å². The molecule has 1 spiro atoms. The molecule has 4 aromatic rings. The number of hydrogen-bond donors (Lipinski definition) is 1. The van der Waals surface area contributed by atoms with E-state index >= 15 is 0 Å². The molecule has 4 heterocycles. The van der Waals surface area contributed by atoms with Crippen molar-refractivity contribution in [2.45, 2.75) is 54.8 Å². The molecule has 260 valence electrons. The van der Waals surface area contributed by atoms with Crippen LogP contribution in [0.2, 0.25) is 5.15 Å². The van der Waals surface area contributed by atoms with Gasteiger partial charge < -0.3 is 10.2 Å². The number of benzene rings is 2. The Bertz CT molecular complexity index is 2090. The van der Waals surface area contributed by atoms with Crippen molar-refractivity contribution in [3.05, 3.63) is 112 Å². The standard InChI is InChI=1S/C34H29ClF4N6O4S/c35-30-28(41-14-15-42-30)32(47)44-16-11-33(12-17-44)25-18-21(31(46)43-19-26-24(34(37,38)39)2-1-13-40-26)5-10-27(25)45(29(33)20-3-4-20)50(48,49)23-8-6-22(36)7-9-23/h1-2,5-10,13-15,18,20,29H,3-4,11-12,16-17,19H2,(H,43,46). The first kappa shape index (κ1) is 33.8.